The predicted molar refractivity (Wildman–Crippen MR) is 112 cm³/mol. The smallest absolute Gasteiger partial charge is 0.246 e. The molecule has 0 spiro atoms. The molecule has 3 aromatic rings. The number of para-hydroxylation sites is 1. The Hall–Kier alpha value is -2.72. The molecule has 0 radical (unpaired) electrons. The second-order valence-corrected chi connectivity index (χ2v) is 9.60. The van der Waals surface area contributed by atoms with Crippen molar-refractivity contribution in [3.05, 3.63) is 53.2 Å². The molecule has 0 aliphatic carbocycles. The topological polar surface area (TPSA) is 105 Å². The van der Waals surface area contributed by atoms with E-state index in [-0.39, 0.29) is 24.9 Å². The molecule has 154 valence electrons. The lowest BCUT2D eigenvalue weighted by atomic mass is 10.0. The van der Waals surface area contributed by atoms with Gasteiger partial charge in [0.05, 0.1) is 23.4 Å². The monoisotopic (exact) mass is 434 g/mol. The van der Waals surface area contributed by atoms with Crippen LogP contribution in [0, 0.1) is 0 Å². The Labute approximate surface area is 173 Å². The van der Waals surface area contributed by atoms with E-state index in [0.29, 0.717) is 11.5 Å². The number of carbonyl (C=O) groups excluding carboxylic acids is 1. The standard InChI is InChI=1S/C19H22N4O4S2/c1-13(2)14-7-4-5-8-15(14)23(29(3,25)26)12-17(24)20-11-18-21-19(22-27-18)16-9-6-10-28-16/h4-10,13H,11-12H2,1-3H3,(H,20,24). The van der Waals surface area contributed by atoms with Crippen molar-refractivity contribution in [1.29, 1.82) is 0 Å². The van der Waals surface area contributed by atoms with E-state index in [4.69, 9.17) is 4.52 Å². The van der Waals surface area contributed by atoms with Gasteiger partial charge in [0.1, 0.15) is 6.54 Å². The summed E-state index contributed by atoms with van der Waals surface area (Å²) >= 11 is 1.48. The van der Waals surface area contributed by atoms with Crippen molar-refractivity contribution in [3.63, 3.8) is 0 Å². The molecule has 0 unspecified atom stereocenters. The van der Waals surface area contributed by atoms with E-state index in [9.17, 15) is 13.2 Å². The van der Waals surface area contributed by atoms with Gasteiger partial charge in [-0.1, -0.05) is 43.3 Å². The van der Waals surface area contributed by atoms with Gasteiger partial charge in [0, 0.05) is 0 Å². The van der Waals surface area contributed by atoms with Crippen molar-refractivity contribution in [3.8, 4) is 10.7 Å². The lowest BCUT2D eigenvalue weighted by Crippen LogP contribution is -2.40. The second-order valence-electron chi connectivity index (χ2n) is 6.75. The summed E-state index contributed by atoms with van der Waals surface area (Å²) in [4.78, 5) is 17.6. The fourth-order valence-corrected chi connectivity index (χ4v) is 4.30. The van der Waals surface area contributed by atoms with Crippen molar-refractivity contribution < 1.29 is 17.7 Å². The fraction of sp³-hybridized carbons (Fsp3) is 0.316. The average Bonchev–Trinajstić information content (AvgIpc) is 3.35. The summed E-state index contributed by atoms with van der Waals surface area (Å²) < 4.78 is 31.0. The maximum atomic E-state index is 12.5. The highest BCUT2D eigenvalue weighted by Gasteiger charge is 2.24. The number of nitrogens with zero attached hydrogens (tertiary/aromatic N) is 3. The van der Waals surface area contributed by atoms with Crippen molar-refractivity contribution in [2.45, 2.75) is 26.3 Å². The Morgan fingerprint density at radius 1 is 1.24 bits per heavy atom. The van der Waals surface area contributed by atoms with Crippen molar-refractivity contribution in [2.75, 3.05) is 17.1 Å². The lowest BCUT2D eigenvalue weighted by Gasteiger charge is -2.25. The van der Waals surface area contributed by atoms with E-state index in [1.807, 2.05) is 43.5 Å². The van der Waals surface area contributed by atoms with Crippen LogP contribution in [0.2, 0.25) is 0 Å². The fourth-order valence-electron chi connectivity index (χ4n) is 2.78. The molecule has 0 atom stereocenters. The zero-order chi connectivity index (χ0) is 21.0. The molecule has 8 nitrogen and oxygen atoms in total. The van der Waals surface area contributed by atoms with Gasteiger partial charge in [-0.15, -0.1) is 11.3 Å². The number of carbonyl (C=O) groups is 1. The number of benzene rings is 1. The summed E-state index contributed by atoms with van der Waals surface area (Å²) in [6.07, 6.45) is 1.09. The Balaban J connectivity index is 1.70. The molecule has 1 aromatic carbocycles. The maximum absolute atomic E-state index is 12.5. The summed E-state index contributed by atoms with van der Waals surface area (Å²) in [6, 6.07) is 10.9. The number of nitrogens with one attached hydrogen (secondary N) is 1. The normalized spacial score (nSPS) is 11.6. The Morgan fingerprint density at radius 3 is 2.66 bits per heavy atom. The minimum atomic E-state index is -3.66. The third kappa shape index (κ3) is 5.21. The van der Waals surface area contributed by atoms with Crippen LogP contribution in [0.25, 0.3) is 10.7 Å². The van der Waals surface area contributed by atoms with Crippen LogP contribution < -0.4 is 9.62 Å². The number of thiophene rings is 1. The number of aromatic nitrogens is 2. The van der Waals surface area contributed by atoms with Crippen LogP contribution in [-0.2, 0) is 21.4 Å². The predicted octanol–water partition coefficient (Wildman–Crippen LogP) is 3.00. The van der Waals surface area contributed by atoms with E-state index in [2.05, 4.69) is 15.5 Å². The van der Waals surface area contributed by atoms with Gasteiger partial charge in [0.15, 0.2) is 0 Å². The molecule has 2 aromatic heterocycles. The molecular formula is C19H22N4O4S2. The Bertz CT molecular complexity index is 1080. The number of hydrogen-bond donors (Lipinski definition) is 1. The van der Waals surface area contributed by atoms with Gasteiger partial charge >= 0.3 is 0 Å². The molecule has 29 heavy (non-hydrogen) atoms. The summed E-state index contributed by atoms with van der Waals surface area (Å²) in [7, 11) is -3.66. The third-order valence-electron chi connectivity index (χ3n) is 4.16. The van der Waals surface area contributed by atoms with Crippen LogP contribution in [0.4, 0.5) is 5.69 Å². The van der Waals surface area contributed by atoms with Crippen LogP contribution in [-0.4, -0.2) is 37.3 Å². The molecule has 0 saturated heterocycles. The first-order valence-electron chi connectivity index (χ1n) is 8.95. The van der Waals surface area contributed by atoms with Gasteiger partial charge in [0.2, 0.25) is 27.6 Å². The largest absolute Gasteiger partial charge is 0.345 e. The summed E-state index contributed by atoms with van der Waals surface area (Å²) in [5.41, 5.74) is 1.35. The first kappa shape index (κ1) is 21.0. The zero-order valence-electron chi connectivity index (χ0n) is 16.3. The van der Waals surface area contributed by atoms with Crippen LogP contribution >= 0.6 is 11.3 Å². The van der Waals surface area contributed by atoms with Gasteiger partial charge in [-0.2, -0.15) is 4.98 Å². The number of hydrogen-bond acceptors (Lipinski definition) is 7. The maximum Gasteiger partial charge on any atom is 0.246 e. The quantitative estimate of drug-likeness (QED) is 0.584. The molecule has 0 bridgehead atoms. The zero-order valence-corrected chi connectivity index (χ0v) is 18.0. The SMILES string of the molecule is CC(C)c1ccccc1N(CC(=O)NCc1nc(-c2cccs2)no1)S(C)(=O)=O. The van der Waals surface area contributed by atoms with Gasteiger partial charge in [-0.05, 0) is 29.0 Å². The van der Waals surface area contributed by atoms with Crippen LogP contribution in [0.3, 0.4) is 0 Å². The lowest BCUT2D eigenvalue weighted by molar-refractivity contribution is -0.119. The van der Waals surface area contributed by atoms with Crippen LogP contribution in [0.15, 0.2) is 46.3 Å². The third-order valence-corrected chi connectivity index (χ3v) is 6.15. The van der Waals surface area contributed by atoms with Crippen molar-refractivity contribution in [1.82, 2.24) is 15.5 Å². The molecular weight excluding hydrogens is 412 g/mol. The Kier molecular flexibility index (Phi) is 6.33. The first-order valence-corrected chi connectivity index (χ1v) is 11.7. The molecule has 1 N–H and O–H groups in total. The van der Waals surface area contributed by atoms with E-state index in [1.54, 1.807) is 12.1 Å². The average molecular weight is 435 g/mol. The van der Waals surface area contributed by atoms with E-state index in [1.165, 1.54) is 11.3 Å². The Morgan fingerprint density at radius 2 is 2.00 bits per heavy atom. The van der Waals surface area contributed by atoms with Crippen molar-refractivity contribution in [2.24, 2.45) is 0 Å². The van der Waals surface area contributed by atoms with Gasteiger partial charge in [0.25, 0.3) is 0 Å². The number of amides is 1. The highest BCUT2D eigenvalue weighted by Crippen LogP contribution is 2.28. The molecule has 0 saturated carbocycles. The summed E-state index contributed by atoms with van der Waals surface area (Å²) in [6.45, 7) is 3.62. The van der Waals surface area contributed by atoms with Crippen molar-refractivity contribution >= 4 is 33.0 Å². The molecule has 2 heterocycles. The van der Waals surface area contributed by atoms with Gasteiger partial charge in [-0.3, -0.25) is 9.10 Å². The number of rotatable bonds is 8. The van der Waals surface area contributed by atoms with Crippen LogP contribution in [0.5, 0.6) is 0 Å². The summed E-state index contributed by atoms with van der Waals surface area (Å²) in [5, 5.41) is 8.43. The molecule has 10 heteroatoms. The molecule has 1 amide bonds. The van der Waals surface area contributed by atoms with E-state index >= 15 is 0 Å². The van der Waals surface area contributed by atoms with E-state index < -0.39 is 15.9 Å². The van der Waals surface area contributed by atoms with Gasteiger partial charge in [-0.25, -0.2) is 8.42 Å². The number of anilines is 1. The van der Waals surface area contributed by atoms with Gasteiger partial charge < -0.3 is 9.84 Å². The molecule has 0 aliphatic heterocycles. The molecule has 0 aliphatic rings. The van der Waals surface area contributed by atoms with E-state index in [0.717, 1.165) is 21.0 Å². The second kappa shape index (κ2) is 8.75. The first-order chi connectivity index (χ1) is 13.8. The molecule has 3 rings (SSSR count). The minimum Gasteiger partial charge on any atom is -0.345 e. The number of sulfonamides is 1. The molecule has 0 fully saturated rings. The minimum absolute atomic E-state index is 0.0145. The highest BCUT2D eigenvalue weighted by molar-refractivity contribution is 7.92. The van der Waals surface area contributed by atoms with Crippen LogP contribution in [0.1, 0.15) is 31.2 Å². The summed E-state index contributed by atoms with van der Waals surface area (Å²) in [5.74, 6) is 0.334. The highest BCUT2D eigenvalue weighted by atomic mass is 32.2.